The van der Waals surface area contributed by atoms with Crippen LogP contribution < -0.4 is 5.73 Å². The Bertz CT molecular complexity index is 43.7. The number of hydrogen-bond donors (Lipinski definition) is 1. The smallest absolute Gasteiger partial charge is 0.0976 e. The third kappa shape index (κ3) is 4.81. The van der Waals surface area contributed by atoms with E-state index < -0.39 is 0 Å². The molecule has 3 heteroatoms. The monoisotopic (exact) mass is 151 g/mol. The number of thioether (sulfide) groups is 2. The lowest BCUT2D eigenvalue weighted by molar-refractivity contribution is 1.29. The van der Waals surface area contributed by atoms with Crippen molar-refractivity contribution < 1.29 is 0 Å². The van der Waals surface area contributed by atoms with E-state index in [2.05, 4.69) is 13.8 Å². The maximum atomic E-state index is 5.62. The van der Waals surface area contributed by atoms with Crippen LogP contribution in [0.2, 0.25) is 0 Å². The summed E-state index contributed by atoms with van der Waals surface area (Å²) in [4.78, 5) is 0. The van der Waals surface area contributed by atoms with Crippen molar-refractivity contribution in [2.45, 2.75) is 18.6 Å². The Kier molecular flexibility index (Phi) is 6.27. The second-order valence-electron chi connectivity index (χ2n) is 1.28. The highest BCUT2D eigenvalue weighted by atomic mass is 32.2. The van der Waals surface area contributed by atoms with E-state index in [4.69, 9.17) is 5.73 Å². The molecule has 0 aromatic carbocycles. The summed E-state index contributed by atoms with van der Waals surface area (Å²) in [6.07, 6.45) is 0. The molecule has 1 nitrogen and oxygen atoms in total. The van der Waals surface area contributed by atoms with E-state index >= 15 is 0 Å². The van der Waals surface area contributed by atoms with Gasteiger partial charge in [0.25, 0.3) is 0 Å². The highest BCUT2D eigenvalue weighted by molar-refractivity contribution is 8.16. The highest BCUT2D eigenvalue weighted by Gasteiger charge is 1.96. The van der Waals surface area contributed by atoms with E-state index in [1.807, 2.05) is 0 Å². The predicted molar refractivity (Wildman–Crippen MR) is 44.2 cm³/mol. The van der Waals surface area contributed by atoms with Gasteiger partial charge in [0.15, 0.2) is 0 Å². The Balaban J connectivity index is 2.92. The van der Waals surface area contributed by atoms with Gasteiger partial charge in [0.1, 0.15) is 0 Å². The van der Waals surface area contributed by atoms with Crippen LogP contribution in [0.5, 0.6) is 0 Å². The Labute approximate surface area is 59.8 Å². The SMILES string of the molecule is CCSC(N)SCC. The molecule has 0 fully saturated rings. The first-order valence-electron chi connectivity index (χ1n) is 2.80. The van der Waals surface area contributed by atoms with Gasteiger partial charge in [-0.3, -0.25) is 0 Å². The van der Waals surface area contributed by atoms with Gasteiger partial charge in [-0.25, -0.2) is 0 Å². The molecule has 0 aliphatic rings. The van der Waals surface area contributed by atoms with Crippen LogP contribution in [0.15, 0.2) is 0 Å². The summed E-state index contributed by atoms with van der Waals surface area (Å²) >= 11 is 3.59. The zero-order chi connectivity index (χ0) is 6.41. The molecule has 2 N–H and O–H groups in total. The third-order valence-corrected chi connectivity index (χ3v) is 2.80. The molecule has 8 heavy (non-hydrogen) atoms. The molecule has 50 valence electrons. The summed E-state index contributed by atoms with van der Waals surface area (Å²) in [5, 5.41) is 0. The van der Waals surface area contributed by atoms with Gasteiger partial charge in [0, 0.05) is 0 Å². The quantitative estimate of drug-likeness (QED) is 0.620. The van der Waals surface area contributed by atoms with E-state index in [1.165, 1.54) is 0 Å². The summed E-state index contributed by atoms with van der Waals surface area (Å²) in [7, 11) is 0. The van der Waals surface area contributed by atoms with Gasteiger partial charge in [-0.15, -0.1) is 23.5 Å². The molecule has 0 aliphatic carbocycles. The molecule has 0 unspecified atom stereocenters. The standard InChI is InChI=1S/C5H13NS2/c1-3-7-5(6)8-4-2/h5H,3-4,6H2,1-2H3. The van der Waals surface area contributed by atoms with Crippen molar-refractivity contribution in [1.29, 1.82) is 0 Å². The molecule has 0 aromatic rings. The topological polar surface area (TPSA) is 26.0 Å². The van der Waals surface area contributed by atoms with Crippen LogP contribution in [0.1, 0.15) is 13.8 Å². The Hall–Kier alpha value is 0.660. The van der Waals surface area contributed by atoms with E-state index in [0.717, 1.165) is 11.5 Å². The molecule has 0 heterocycles. The second kappa shape index (κ2) is 5.79. The summed E-state index contributed by atoms with van der Waals surface area (Å²) in [6, 6.07) is 0. The maximum Gasteiger partial charge on any atom is 0.0976 e. The molecule has 0 saturated carbocycles. The molecule has 0 rings (SSSR count). The minimum atomic E-state index is 0.296. The van der Waals surface area contributed by atoms with Crippen molar-refractivity contribution in [3.63, 3.8) is 0 Å². The highest BCUT2D eigenvalue weighted by Crippen LogP contribution is 2.16. The number of nitrogens with two attached hydrogens (primary N) is 1. The van der Waals surface area contributed by atoms with Crippen LogP contribution in [0.3, 0.4) is 0 Å². The molecule has 0 bridgehead atoms. The average Bonchev–Trinajstić information content (AvgIpc) is 1.68. The molecular weight excluding hydrogens is 138 g/mol. The van der Waals surface area contributed by atoms with Crippen molar-refractivity contribution in [2.24, 2.45) is 5.73 Å². The first-order valence-corrected chi connectivity index (χ1v) is 4.89. The number of rotatable bonds is 4. The zero-order valence-corrected chi connectivity index (χ0v) is 7.02. The van der Waals surface area contributed by atoms with Crippen molar-refractivity contribution in [2.75, 3.05) is 11.5 Å². The minimum absolute atomic E-state index is 0.296. The van der Waals surface area contributed by atoms with Crippen LogP contribution >= 0.6 is 23.5 Å². The Morgan fingerprint density at radius 3 is 1.88 bits per heavy atom. The van der Waals surface area contributed by atoms with Gasteiger partial charge in [-0.05, 0) is 11.5 Å². The summed E-state index contributed by atoms with van der Waals surface area (Å²) in [5.74, 6) is 2.24. The largest absolute Gasteiger partial charge is 0.311 e. The van der Waals surface area contributed by atoms with Gasteiger partial charge >= 0.3 is 0 Å². The van der Waals surface area contributed by atoms with Gasteiger partial charge in [0.05, 0.1) is 4.71 Å². The minimum Gasteiger partial charge on any atom is -0.311 e. The lowest BCUT2D eigenvalue weighted by atomic mass is 11.0. The van der Waals surface area contributed by atoms with E-state index in [9.17, 15) is 0 Å². The van der Waals surface area contributed by atoms with E-state index in [1.54, 1.807) is 23.5 Å². The summed E-state index contributed by atoms with van der Waals surface area (Å²) in [5.41, 5.74) is 5.62. The van der Waals surface area contributed by atoms with Crippen molar-refractivity contribution in [3.05, 3.63) is 0 Å². The molecule has 0 amide bonds. The molecule has 0 aliphatic heterocycles. The average molecular weight is 151 g/mol. The van der Waals surface area contributed by atoms with E-state index in [0.29, 0.717) is 4.71 Å². The fourth-order valence-corrected chi connectivity index (χ4v) is 2.24. The lowest BCUT2D eigenvalue weighted by Gasteiger charge is -2.05. The molecule has 0 spiro atoms. The lowest BCUT2D eigenvalue weighted by Crippen LogP contribution is -2.10. The van der Waals surface area contributed by atoms with E-state index in [-0.39, 0.29) is 0 Å². The predicted octanol–water partition coefficient (Wildman–Crippen LogP) is 1.73. The molecule has 0 saturated heterocycles. The summed E-state index contributed by atoms with van der Waals surface area (Å²) in [6.45, 7) is 4.25. The van der Waals surface area contributed by atoms with Gasteiger partial charge in [-0.2, -0.15) is 0 Å². The van der Waals surface area contributed by atoms with Crippen LogP contribution in [0, 0.1) is 0 Å². The second-order valence-corrected chi connectivity index (χ2v) is 4.41. The molecule has 0 radical (unpaired) electrons. The van der Waals surface area contributed by atoms with Crippen molar-refractivity contribution in [3.8, 4) is 0 Å². The van der Waals surface area contributed by atoms with Crippen LogP contribution in [0.25, 0.3) is 0 Å². The number of hydrogen-bond acceptors (Lipinski definition) is 3. The van der Waals surface area contributed by atoms with Crippen LogP contribution in [-0.4, -0.2) is 16.2 Å². The zero-order valence-electron chi connectivity index (χ0n) is 5.39. The molecule has 0 aromatic heterocycles. The van der Waals surface area contributed by atoms with Crippen molar-refractivity contribution in [1.82, 2.24) is 0 Å². The fourth-order valence-electron chi connectivity index (χ4n) is 0.377. The first-order chi connectivity index (χ1) is 3.81. The van der Waals surface area contributed by atoms with Gasteiger partial charge in [-0.1, -0.05) is 13.8 Å². The normalized spacial score (nSPS) is 10.5. The van der Waals surface area contributed by atoms with Crippen LogP contribution in [-0.2, 0) is 0 Å². The molecular formula is C5H13NS2. The molecule has 0 atom stereocenters. The summed E-state index contributed by atoms with van der Waals surface area (Å²) < 4.78 is 0.296. The maximum absolute atomic E-state index is 5.62. The van der Waals surface area contributed by atoms with Crippen molar-refractivity contribution >= 4 is 23.5 Å². The van der Waals surface area contributed by atoms with Gasteiger partial charge in [0.2, 0.25) is 0 Å². The van der Waals surface area contributed by atoms with Gasteiger partial charge < -0.3 is 5.73 Å². The third-order valence-electron chi connectivity index (χ3n) is 0.662. The van der Waals surface area contributed by atoms with Crippen LogP contribution in [0.4, 0.5) is 0 Å². The Morgan fingerprint density at radius 1 is 1.25 bits per heavy atom. The first kappa shape index (κ1) is 8.66. The Morgan fingerprint density at radius 2 is 1.62 bits per heavy atom. The fraction of sp³-hybridized carbons (Fsp3) is 1.00.